The molecule has 0 atom stereocenters. The Bertz CT molecular complexity index is 387. The lowest BCUT2D eigenvalue weighted by atomic mass is 10.2. The molecule has 0 N–H and O–H groups in total. The average molecular weight is 254 g/mol. The number of rotatable bonds is 7. The van der Waals surface area contributed by atoms with Gasteiger partial charge in [0, 0.05) is 12.7 Å². The molecule has 0 fully saturated rings. The highest BCUT2D eigenvalue weighted by Crippen LogP contribution is 2.21. The van der Waals surface area contributed by atoms with Gasteiger partial charge in [-0.15, -0.1) is 0 Å². The van der Waals surface area contributed by atoms with Crippen molar-refractivity contribution in [1.82, 2.24) is 0 Å². The van der Waals surface area contributed by atoms with Gasteiger partial charge in [0.25, 0.3) is 0 Å². The van der Waals surface area contributed by atoms with E-state index in [1.165, 1.54) is 0 Å². The third-order valence-corrected chi connectivity index (χ3v) is 2.51. The summed E-state index contributed by atoms with van der Waals surface area (Å²) in [7, 11) is 0. The summed E-state index contributed by atoms with van der Waals surface area (Å²) in [6.07, 6.45) is 2.20. The van der Waals surface area contributed by atoms with Crippen LogP contribution in [0.2, 0.25) is 5.02 Å². The molecule has 92 valence electrons. The molecule has 0 aliphatic carbocycles. The van der Waals surface area contributed by atoms with Crippen LogP contribution in [0.15, 0.2) is 18.2 Å². The second-order valence-electron chi connectivity index (χ2n) is 3.57. The van der Waals surface area contributed by atoms with E-state index in [-0.39, 0.29) is 0 Å². The number of hydrogen-bond acceptors (Lipinski definition) is 3. The van der Waals surface area contributed by atoms with Crippen LogP contribution >= 0.6 is 11.6 Å². The van der Waals surface area contributed by atoms with Gasteiger partial charge < -0.3 is 9.47 Å². The molecule has 0 bridgehead atoms. The van der Waals surface area contributed by atoms with Gasteiger partial charge in [0.15, 0.2) is 0 Å². The van der Waals surface area contributed by atoms with Crippen LogP contribution in [0.4, 0.5) is 0 Å². The van der Waals surface area contributed by atoms with Crippen LogP contribution in [-0.4, -0.2) is 19.8 Å². The number of ether oxygens (including phenoxy) is 2. The number of nitrogens with zero attached hydrogens (tertiary/aromatic N) is 1. The molecule has 1 rings (SSSR count). The Morgan fingerprint density at radius 1 is 1.29 bits per heavy atom. The van der Waals surface area contributed by atoms with Gasteiger partial charge in [-0.05, 0) is 18.6 Å². The van der Waals surface area contributed by atoms with Crippen LogP contribution in [0.3, 0.4) is 0 Å². The average Bonchev–Trinajstić information content (AvgIpc) is 2.34. The van der Waals surface area contributed by atoms with Gasteiger partial charge in [-0.1, -0.05) is 24.9 Å². The molecule has 17 heavy (non-hydrogen) atoms. The fourth-order valence-electron chi connectivity index (χ4n) is 1.24. The first-order valence-electron chi connectivity index (χ1n) is 5.68. The van der Waals surface area contributed by atoms with Crippen LogP contribution in [0, 0.1) is 11.3 Å². The minimum absolute atomic E-state index is 0.414. The maximum Gasteiger partial charge on any atom is 0.120 e. The molecule has 0 spiro atoms. The van der Waals surface area contributed by atoms with Crippen molar-refractivity contribution in [3.05, 3.63) is 28.8 Å². The van der Waals surface area contributed by atoms with Gasteiger partial charge in [-0.3, -0.25) is 0 Å². The maximum atomic E-state index is 8.71. The molecule has 1 aromatic rings. The Kier molecular flexibility index (Phi) is 6.46. The lowest BCUT2D eigenvalue weighted by Gasteiger charge is -2.07. The molecule has 0 saturated carbocycles. The van der Waals surface area contributed by atoms with Gasteiger partial charge in [-0.2, -0.15) is 5.26 Å². The minimum atomic E-state index is 0.414. The van der Waals surface area contributed by atoms with Gasteiger partial charge >= 0.3 is 0 Å². The van der Waals surface area contributed by atoms with E-state index in [0.717, 1.165) is 19.4 Å². The van der Waals surface area contributed by atoms with Crippen molar-refractivity contribution >= 4 is 11.6 Å². The van der Waals surface area contributed by atoms with Crippen molar-refractivity contribution in [1.29, 1.82) is 5.26 Å². The summed E-state index contributed by atoms with van der Waals surface area (Å²) in [6, 6.07) is 7.03. The summed E-state index contributed by atoms with van der Waals surface area (Å²) in [5.74, 6) is 0.660. The summed E-state index contributed by atoms with van der Waals surface area (Å²) in [6.45, 7) is 3.95. The Morgan fingerprint density at radius 2 is 2.12 bits per heavy atom. The van der Waals surface area contributed by atoms with E-state index in [1.54, 1.807) is 18.2 Å². The largest absolute Gasteiger partial charge is 0.491 e. The van der Waals surface area contributed by atoms with Gasteiger partial charge in [0.2, 0.25) is 0 Å². The summed E-state index contributed by atoms with van der Waals surface area (Å²) < 4.78 is 10.8. The number of halogens is 1. The van der Waals surface area contributed by atoms with E-state index in [4.69, 9.17) is 26.3 Å². The normalized spacial score (nSPS) is 9.94. The fourth-order valence-corrected chi connectivity index (χ4v) is 1.46. The summed E-state index contributed by atoms with van der Waals surface area (Å²) in [5.41, 5.74) is 0.457. The highest BCUT2D eigenvalue weighted by Gasteiger charge is 2.01. The molecule has 3 nitrogen and oxygen atoms in total. The zero-order valence-electron chi connectivity index (χ0n) is 9.91. The third-order valence-electron chi connectivity index (χ3n) is 2.20. The molecule has 0 radical (unpaired) electrons. The predicted octanol–water partition coefficient (Wildman–Crippen LogP) is 3.41. The first-order chi connectivity index (χ1) is 8.27. The zero-order chi connectivity index (χ0) is 12.5. The highest BCUT2D eigenvalue weighted by atomic mass is 35.5. The maximum absolute atomic E-state index is 8.71. The Labute approximate surface area is 107 Å². The molecule has 0 unspecified atom stereocenters. The van der Waals surface area contributed by atoms with Crippen LogP contribution in [0.1, 0.15) is 25.3 Å². The second-order valence-corrected chi connectivity index (χ2v) is 3.98. The molecule has 0 heterocycles. The van der Waals surface area contributed by atoms with E-state index in [0.29, 0.717) is 29.5 Å². The van der Waals surface area contributed by atoms with Crippen molar-refractivity contribution in [2.45, 2.75) is 19.8 Å². The minimum Gasteiger partial charge on any atom is -0.491 e. The number of hydrogen-bond donors (Lipinski definition) is 0. The topological polar surface area (TPSA) is 42.2 Å². The zero-order valence-corrected chi connectivity index (χ0v) is 10.7. The molecule has 1 aromatic carbocycles. The molecule has 0 amide bonds. The molecule has 0 aliphatic heterocycles. The van der Waals surface area contributed by atoms with Gasteiger partial charge in [0.1, 0.15) is 18.4 Å². The van der Waals surface area contributed by atoms with Gasteiger partial charge in [-0.25, -0.2) is 0 Å². The van der Waals surface area contributed by atoms with Crippen LogP contribution in [0.25, 0.3) is 0 Å². The standard InChI is InChI=1S/C13H16ClNO2/c1-2-3-6-16-7-8-17-12-5-4-11(10-15)13(14)9-12/h4-5,9H,2-3,6-8H2,1H3. The number of benzene rings is 1. The van der Waals surface area contributed by atoms with Gasteiger partial charge in [0.05, 0.1) is 17.2 Å². The van der Waals surface area contributed by atoms with Crippen LogP contribution in [-0.2, 0) is 4.74 Å². The fraction of sp³-hybridized carbons (Fsp3) is 0.462. The van der Waals surface area contributed by atoms with E-state index < -0.39 is 0 Å². The van der Waals surface area contributed by atoms with Crippen molar-refractivity contribution in [2.75, 3.05) is 19.8 Å². The SMILES string of the molecule is CCCCOCCOc1ccc(C#N)c(Cl)c1. The van der Waals surface area contributed by atoms with Crippen LogP contribution < -0.4 is 4.74 Å². The lowest BCUT2D eigenvalue weighted by molar-refractivity contribution is 0.0980. The molecule has 4 heteroatoms. The van der Waals surface area contributed by atoms with E-state index in [2.05, 4.69) is 6.92 Å². The van der Waals surface area contributed by atoms with Crippen molar-refractivity contribution in [2.24, 2.45) is 0 Å². The summed E-state index contributed by atoms with van der Waals surface area (Å²) >= 11 is 5.88. The molecule has 0 aromatic heterocycles. The molecular weight excluding hydrogens is 238 g/mol. The van der Waals surface area contributed by atoms with Crippen molar-refractivity contribution in [3.8, 4) is 11.8 Å². The summed E-state index contributed by atoms with van der Waals surface area (Å²) in [5, 5.41) is 9.12. The summed E-state index contributed by atoms with van der Waals surface area (Å²) in [4.78, 5) is 0. The molecule has 0 saturated heterocycles. The van der Waals surface area contributed by atoms with Crippen molar-refractivity contribution < 1.29 is 9.47 Å². The lowest BCUT2D eigenvalue weighted by Crippen LogP contribution is -2.07. The Hall–Kier alpha value is -1.24. The first kappa shape index (κ1) is 13.8. The monoisotopic (exact) mass is 253 g/mol. The number of unbranched alkanes of at least 4 members (excludes halogenated alkanes) is 1. The molecular formula is C13H16ClNO2. The Morgan fingerprint density at radius 3 is 2.76 bits per heavy atom. The van der Waals surface area contributed by atoms with E-state index in [9.17, 15) is 0 Å². The third kappa shape index (κ3) is 5.08. The molecule has 0 aliphatic rings. The van der Waals surface area contributed by atoms with Crippen LogP contribution in [0.5, 0.6) is 5.75 Å². The highest BCUT2D eigenvalue weighted by molar-refractivity contribution is 6.31. The van der Waals surface area contributed by atoms with E-state index in [1.807, 2.05) is 6.07 Å². The predicted molar refractivity (Wildman–Crippen MR) is 67.4 cm³/mol. The van der Waals surface area contributed by atoms with Crippen molar-refractivity contribution in [3.63, 3.8) is 0 Å². The Balaban J connectivity index is 2.28. The second kappa shape index (κ2) is 7.94. The van der Waals surface area contributed by atoms with E-state index >= 15 is 0 Å². The first-order valence-corrected chi connectivity index (χ1v) is 6.06. The smallest absolute Gasteiger partial charge is 0.120 e. The quantitative estimate of drug-likeness (QED) is 0.700. The number of nitriles is 1.